The molecular formula is C18H19NO3. The number of amides is 1. The third-order valence-electron chi connectivity index (χ3n) is 3.75. The molecule has 0 fully saturated rings. The van der Waals surface area contributed by atoms with E-state index in [-0.39, 0.29) is 5.91 Å². The molecular weight excluding hydrogens is 278 g/mol. The van der Waals surface area contributed by atoms with E-state index in [4.69, 9.17) is 9.47 Å². The van der Waals surface area contributed by atoms with Gasteiger partial charge in [-0.2, -0.15) is 0 Å². The van der Waals surface area contributed by atoms with E-state index in [1.165, 1.54) is 0 Å². The predicted octanol–water partition coefficient (Wildman–Crippen LogP) is 3.20. The third-order valence-corrected chi connectivity index (χ3v) is 3.75. The number of carbonyl (C=O) groups is 1. The van der Waals surface area contributed by atoms with Gasteiger partial charge in [-0.3, -0.25) is 4.79 Å². The molecule has 1 aliphatic rings. The molecule has 4 nitrogen and oxygen atoms in total. The smallest absolute Gasteiger partial charge is 0.224 e. The number of ether oxygens (including phenoxy) is 2. The van der Waals surface area contributed by atoms with Crippen molar-refractivity contribution in [3.8, 4) is 11.5 Å². The van der Waals surface area contributed by atoms with E-state index in [1.807, 2.05) is 42.5 Å². The van der Waals surface area contributed by atoms with Crippen molar-refractivity contribution in [1.82, 2.24) is 0 Å². The molecule has 0 atom stereocenters. The highest BCUT2D eigenvalue weighted by Crippen LogP contribution is 2.27. The van der Waals surface area contributed by atoms with Crippen LogP contribution in [-0.4, -0.2) is 19.6 Å². The topological polar surface area (TPSA) is 47.6 Å². The Morgan fingerprint density at radius 2 is 2.18 bits per heavy atom. The first-order valence-electron chi connectivity index (χ1n) is 7.43. The maximum absolute atomic E-state index is 12.1. The zero-order valence-corrected chi connectivity index (χ0v) is 12.6. The van der Waals surface area contributed by atoms with Gasteiger partial charge < -0.3 is 14.8 Å². The zero-order valence-electron chi connectivity index (χ0n) is 12.6. The van der Waals surface area contributed by atoms with Crippen LogP contribution in [-0.2, 0) is 17.6 Å². The van der Waals surface area contributed by atoms with Gasteiger partial charge in [-0.15, -0.1) is 0 Å². The van der Waals surface area contributed by atoms with Gasteiger partial charge >= 0.3 is 0 Å². The lowest BCUT2D eigenvalue weighted by atomic mass is 10.1. The number of rotatable bonds is 5. The monoisotopic (exact) mass is 297 g/mol. The van der Waals surface area contributed by atoms with Crippen LogP contribution >= 0.6 is 0 Å². The lowest BCUT2D eigenvalue weighted by molar-refractivity contribution is -0.116. The van der Waals surface area contributed by atoms with Crippen LogP contribution in [0.1, 0.15) is 17.5 Å². The number of methoxy groups -OCH3 is 1. The molecule has 22 heavy (non-hydrogen) atoms. The number of benzene rings is 2. The van der Waals surface area contributed by atoms with Crippen LogP contribution in [0.5, 0.6) is 11.5 Å². The quantitative estimate of drug-likeness (QED) is 0.922. The van der Waals surface area contributed by atoms with E-state index >= 15 is 0 Å². The van der Waals surface area contributed by atoms with E-state index < -0.39 is 0 Å². The maximum atomic E-state index is 12.1. The van der Waals surface area contributed by atoms with Gasteiger partial charge in [-0.25, -0.2) is 0 Å². The van der Waals surface area contributed by atoms with Gasteiger partial charge in [0, 0.05) is 18.5 Å². The Bertz CT molecular complexity index is 682. The number of carbonyl (C=O) groups excluding carboxylic acids is 1. The standard InChI is InChI=1S/C18H19NO3/c1-21-16-4-2-3-13(11-16)5-8-18(20)19-15-6-7-17-14(12-15)9-10-22-17/h2-4,6-7,11-12H,5,8-10H2,1H3,(H,19,20). The maximum Gasteiger partial charge on any atom is 0.224 e. The van der Waals surface area contributed by atoms with Crippen molar-refractivity contribution in [1.29, 1.82) is 0 Å². The molecule has 0 radical (unpaired) electrons. The second-order valence-corrected chi connectivity index (χ2v) is 5.32. The molecule has 0 spiro atoms. The fraction of sp³-hybridized carbons (Fsp3) is 0.278. The summed E-state index contributed by atoms with van der Waals surface area (Å²) in [5.74, 6) is 1.76. The van der Waals surface area contributed by atoms with Gasteiger partial charge in [0.1, 0.15) is 11.5 Å². The summed E-state index contributed by atoms with van der Waals surface area (Å²) in [6, 6.07) is 13.6. The molecule has 0 bridgehead atoms. The molecule has 114 valence electrons. The summed E-state index contributed by atoms with van der Waals surface area (Å²) >= 11 is 0. The van der Waals surface area contributed by atoms with Crippen molar-refractivity contribution in [2.75, 3.05) is 19.0 Å². The Kier molecular flexibility index (Phi) is 4.28. The lowest BCUT2D eigenvalue weighted by Gasteiger charge is -2.08. The van der Waals surface area contributed by atoms with Crippen LogP contribution in [0.2, 0.25) is 0 Å². The van der Waals surface area contributed by atoms with Crippen LogP contribution in [0, 0.1) is 0 Å². The number of aryl methyl sites for hydroxylation is 1. The molecule has 1 heterocycles. The van der Waals surface area contributed by atoms with Crippen molar-refractivity contribution < 1.29 is 14.3 Å². The van der Waals surface area contributed by atoms with Gasteiger partial charge in [0.05, 0.1) is 13.7 Å². The van der Waals surface area contributed by atoms with Gasteiger partial charge in [0.25, 0.3) is 0 Å². The first kappa shape index (κ1) is 14.4. The number of fused-ring (bicyclic) bond motifs is 1. The van der Waals surface area contributed by atoms with E-state index in [0.717, 1.165) is 41.3 Å². The number of hydrogen-bond donors (Lipinski definition) is 1. The van der Waals surface area contributed by atoms with E-state index in [1.54, 1.807) is 7.11 Å². The first-order valence-corrected chi connectivity index (χ1v) is 7.43. The van der Waals surface area contributed by atoms with Gasteiger partial charge in [0.2, 0.25) is 5.91 Å². The van der Waals surface area contributed by atoms with Crippen molar-refractivity contribution in [2.45, 2.75) is 19.3 Å². The molecule has 0 unspecified atom stereocenters. The minimum absolute atomic E-state index is 0.0154. The SMILES string of the molecule is COc1cccc(CCC(=O)Nc2ccc3c(c2)CCO3)c1. The minimum atomic E-state index is 0.0154. The van der Waals surface area contributed by atoms with Crippen molar-refractivity contribution in [2.24, 2.45) is 0 Å². The van der Waals surface area contributed by atoms with E-state index in [9.17, 15) is 4.79 Å². The molecule has 2 aromatic carbocycles. The molecule has 0 saturated heterocycles. The summed E-state index contributed by atoms with van der Waals surface area (Å²) in [4.78, 5) is 12.1. The highest BCUT2D eigenvalue weighted by Gasteiger charge is 2.13. The molecule has 1 N–H and O–H groups in total. The number of nitrogens with one attached hydrogen (secondary N) is 1. The average molecular weight is 297 g/mol. The summed E-state index contributed by atoms with van der Waals surface area (Å²) in [5.41, 5.74) is 3.09. The highest BCUT2D eigenvalue weighted by atomic mass is 16.5. The zero-order chi connectivity index (χ0) is 15.4. The summed E-state index contributed by atoms with van der Waals surface area (Å²) in [5, 5.41) is 2.94. The summed E-state index contributed by atoms with van der Waals surface area (Å²) in [6.45, 7) is 0.725. The Balaban J connectivity index is 1.56. The van der Waals surface area contributed by atoms with Crippen LogP contribution in [0.3, 0.4) is 0 Å². The number of hydrogen-bond acceptors (Lipinski definition) is 3. The van der Waals surface area contributed by atoms with Gasteiger partial charge in [0.15, 0.2) is 0 Å². The normalized spacial score (nSPS) is 12.4. The van der Waals surface area contributed by atoms with Crippen LogP contribution in [0.4, 0.5) is 5.69 Å². The molecule has 2 aromatic rings. The van der Waals surface area contributed by atoms with Gasteiger partial charge in [-0.1, -0.05) is 12.1 Å². The molecule has 0 aromatic heterocycles. The third kappa shape index (κ3) is 3.39. The van der Waals surface area contributed by atoms with E-state index in [2.05, 4.69) is 5.32 Å². The Labute approximate surface area is 130 Å². The molecule has 4 heteroatoms. The predicted molar refractivity (Wildman–Crippen MR) is 85.6 cm³/mol. The summed E-state index contributed by atoms with van der Waals surface area (Å²) in [6.07, 6.45) is 2.04. The van der Waals surface area contributed by atoms with Crippen molar-refractivity contribution in [3.05, 3.63) is 53.6 Å². The summed E-state index contributed by atoms with van der Waals surface area (Å²) in [7, 11) is 1.64. The fourth-order valence-corrected chi connectivity index (χ4v) is 2.57. The fourth-order valence-electron chi connectivity index (χ4n) is 2.57. The molecule has 1 aliphatic heterocycles. The Hall–Kier alpha value is -2.49. The Morgan fingerprint density at radius 3 is 3.05 bits per heavy atom. The lowest BCUT2D eigenvalue weighted by Crippen LogP contribution is -2.12. The van der Waals surface area contributed by atoms with Crippen LogP contribution in [0.15, 0.2) is 42.5 Å². The molecule has 0 saturated carbocycles. The first-order chi connectivity index (χ1) is 10.7. The average Bonchev–Trinajstić information content (AvgIpc) is 3.01. The molecule has 1 amide bonds. The highest BCUT2D eigenvalue weighted by molar-refractivity contribution is 5.91. The van der Waals surface area contributed by atoms with E-state index in [0.29, 0.717) is 12.8 Å². The minimum Gasteiger partial charge on any atom is -0.497 e. The van der Waals surface area contributed by atoms with Crippen molar-refractivity contribution >= 4 is 11.6 Å². The van der Waals surface area contributed by atoms with Crippen molar-refractivity contribution in [3.63, 3.8) is 0 Å². The van der Waals surface area contributed by atoms with Crippen LogP contribution < -0.4 is 14.8 Å². The summed E-state index contributed by atoms with van der Waals surface area (Å²) < 4.78 is 10.6. The molecule has 0 aliphatic carbocycles. The Morgan fingerprint density at radius 1 is 1.27 bits per heavy atom. The largest absolute Gasteiger partial charge is 0.497 e. The molecule has 3 rings (SSSR count). The number of anilines is 1. The second kappa shape index (κ2) is 6.52. The van der Waals surface area contributed by atoms with Gasteiger partial charge in [-0.05, 0) is 47.9 Å². The van der Waals surface area contributed by atoms with Crippen LogP contribution in [0.25, 0.3) is 0 Å². The second-order valence-electron chi connectivity index (χ2n) is 5.32.